The fourth-order valence-electron chi connectivity index (χ4n) is 2.44. The molecule has 1 saturated heterocycles. The summed E-state index contributed by atoms with van der Waals surface area (Å²) in [6, 6.07) is 7.35. The summed E-state index contributed by atoms with van der Waals surface area (Å²) in [5.74, 6) is 0.0744. The second kappa shape index (κ2) is 5.72. The van der Waals surface area contributed by atoms with E-state index in [1.54, 1.807) is 6.07 Å². The van der Waals surface area contributed by atoms with Crippen LogP contribution in [0.5, 0.6) is 0 Å². The van der Waals surface area contributed by atoms with Gasteiger partial charge in [-0.3, -0.25) is 4.79 Å². The predicted octanol–water partition coefficient (Wildman–Crippen LogP) is 3.06. The lowest BCUT2D eigenvalue weighted by atomic mass is 9.77. The normalized spacial score (nSPS) is 23.7. The maximum atomic E-state index is 12.5. The van der Waals surface area contributed by atoms with Gasteiger partial charge in [0.2, 0.25) is 5.91 Å². The number of hydrogen-bond acceptors (Lipinski definition) is 2. The van der Waals surface area contributed by atoms with E-state index in [9.17, 15) is 4.79 Å². The molecule has 1 fully saturated rings. The van der Waals surface area contributed by atoms with Gasteiger partial charge in [-0.05, 0) is 37.9 Å². The molecule has 1 aliphatic rings. The highest BCUT2D eigenvalue weighted by molar-refractivity contribution is 6.33. The van der Waals surface area contributed by atoms with Crippen molar-refractivity contribution in [3.8, 4) is 0 Å². The molecule has 1 heterocycles. The van der Waals surface area contributed by atoms with E-state index < -0.39 is 0 Å². The van der Waals surface area contributed by atoms with Crippen LogP contribution in [0.1, 0.15) is 26.2 Å². The summed E-state index contributed by atoms with van der Waals surface area (Å²) < 4.78 is 0. The van der Waals surface area contributed by atoms with Crippen molar-refractivity contribution < 1.29 is 4.79 Å². The van der Waals surface area contributed by atoms with E-state index in [0.717, 1.165) is 32.4 Å². The van der Waals surface area contributed by atoms with Gasteiger partial charge in [0.25, 0.3) is 0 Å². The first-order chi connectivity index (χ1) is 8.68. The number of piperidine rings is 1. The van der Waals surface area contributed by atoms with Crippen LogP contribution in [0.2, 0.25) is 5.02 Å². The van der Waals surface area contributed by atoms with Crippen LogP contribution in [-0.2, 0) is 4.79 Å². The Kier molecular flexibility index (Phi) is 4.25. The molecule has 98 valence electrons. The van der Waals surface area contributed by atoms with Gasteiger partial charge in [0.05, 0.1) is 16.1 Å². The van der Waals surface area contributed by atoms with Crippen molar-refractivity contribution in [1.82, 2.24) is 5.32 Å². The molecule has 0 aliphatic carbocycles. The lowest BCUT2D eigenvalue weighted by Crippen LogP contribution is -2.47. The number of amides is 1. The molecule has 1 unspecified atom stereocenters. The van der Waals surface area contributed by atoms with Crippen LogP contribution in [0.25, 0.3) is 0 Å². The molecular formula is C14H19ClN2O. The molecule has 2 N–H and O–H groups in total. The first-order valence-electron chi connectivity index (χ1n) is 6.45. The summed E-state index contributed by atoms with van der Waals surface area (Å²) in [6.45, 7) is 3.82. The van der Waals surface area contributed by atoms with E-state index in [2.05, 4.69) is 17.6 Å². The second-order valence-electron chi connectivity index (χ2n) is 4.85. The number of hydrogen-bond donors (Lipinski definition) is 2. The van der Waals surface area contributed by atoms with E-state index in [1.165, 1.54) is 0 Å². The number of anilines is 1. The van der Waals surface area contributed by atoms with Crippen molar-refractivity contribution in [3.63, 3.8) is 0 Å². The third-order valence-corrected chi connectivity index (χ3v) is 4.08. The molecule has 0 spiro atoms. The number of benzene rings is 1. The molecule has 1 aromatic rings. The van der Waals surface area contributed by atoms with Crippen molar-refractivity contribution >= 4 is 23.2 Å². The zero-order valence-corrected chi connectivity index (χ0v) is 11.4. The van der Waals surface area contributed by atoms with Gasteiger partial charge in [-0.2, -0.15) is 0 Å². The topological polar surface area (TPSA) is 41.1 Å². The molecule has 4 heteroatoms. The average molecular weight is 267 g/mol. The first kappa shape index (κ1) is 13.4. The van der Waals surface area contributed by atoms with Crippen LogP contribution in [0.15, 0.2) is 24.3 Å². The Hall–Kier alpha value is -1.06. The quantitative estimate of drug-likeness (QED) is 0.883. The van der Waals surface area contributed by atoms with Crippen molar-refractivity contribution in [3.05, 3.63) is 29.3 Å². The van der Waals surface area contributed by atoms with Gasteiger partial charge < -0.3 is 10.6 Å². The van der Waals surface area contributed by atoms with Gasteiger partial charge in [0, 0.05) is 6.54 Å². The van der Waals surface area contributed by atoms with Crippen LogP contribution in [0.3, 0.4) is 0 Å². The maximum absolute atomic E-state index is 12.5. The Morgan fingerprint density at radius 1 is 1.50 bits per heavy atom. The molecule has 1 amide bonds. The Morgan fingerprint density at radius 3 is 2.89 bits per heavy atom. The summed E-state index contributed by atoms with van der Waals surface area (Å²) in [5.41, 5.74) is 0.403. The highest BCUT2D eigenvalue weighted by atomic mass is 35.5. The number of rotatable bonds is 3. The lowest BCUT2D eigenvalue weighted by Gasteiger charge is -2.35. The molecule has 1 aliphatic heterocycles. The van der Waals surface area contributed by atoms with Gasteiger partial charge in [-0.15, -0.1) is 0 Å². The van der Waals surface area contributed by atoms with Gasteiger partial charge in [0.1, 0.15) is 0 Å². The van der Waals surface area contributed by atoms with Gasteiger partial charge >= 0.3 is 0 Å². The SMILES string of the molecule is CCC1(C(=O)Nc2ccccc2Cl)CCCNC1. The first-order valence-corrected chi connectivity index (χ1v) is 6.82. The monoisotopic (exact) mass is 266 g/mol. The summed E-state index contributed by atoms with van der Waals surface area (Å²) in [4.78, 5) is 12.5. The highest BCUT2D eigenvalue weighted by Gasteiger charge is 2.37. The molecule has 0 radical (unpaired) electrons. The number of carbonyl (C=O) groups excluding carboxylic acids is 1. The van der Waals surface area contributed by atoms with Crippen molar-refractivity contribution in [1.29, 1.82) is 0 Å². The molecule has 0 aromatic heterocycles. The zero-order valence-electron chi connectivity index (χ0n) is 10.6. The maximum Gasteiger partial charge on any atom is 0.231 e. The largest absolute Gasteiger partial charge is 0.324 e. The Balaban J connectivity index is 2.13. The van der Waals surface area contributed by atoms with Gasteiger partial charge in [-0.25, -0.2) is 0 Å². The fraction of sp³-hybridized carbons (Fsp3) is 0.500. The Morgan fingerprint density at radius 2 is 2.28 bits per heavy atom. The molecule has 0 bridgehead atoms. The fourth-order valence-corrected chi connectivity index (χ4v) is 2.62. The zero-order chi connectivity index (χ0) is 13.0. The van der Waals surface area contributed by atoms with E-state index in [1.807, 2.05) is 18.2 Å². The molecular weight excluding hydrogens is 248 g/mol. The molecule has 18 heavy (non-hydrogen) atoms. The van der Waals surface area contributed by atoms with Crippen molar-refractivity contribution in [2.45, 2.75) is 26.2 Å². The molecule has 3 nitrogen and oxygen atoms in total. The van der Waals surface area contributed by atoms with E-state index in [0.29, 0.717) is 10.7 Å². The highest BCUT2D eigenvalue weighted by Crippen LogP contribution is 2.32. The summed E-state index contributed by atoms with van der Waals surface area (Å²) in [7, 11) is 0. The molecule has 1 aromatic carbocycles. The summed E-state index contributed by atoms with van der Waals surface area (Å²) in [5, 5.41) is 6.86. The minimum atomic E-state index is -0.294. The average Bonchev–Trinajstić information content (AvgIpc) is 2.42. The van der Waals surface area contributed by atoms with E-state index >= 15 is 0 Å². The van der Waals surface area contributed by atoms with Crippen LogP contribution in [-0.4, -0.2) is 19.0 Å². The minimum Gasteiger partial charge on any atom is -0.324 e. The number of nitrogens with one attached hydrogen (secondary N) is 2. The van der Waals surface area contributed by atoms with Crippen LogP contribution in [0.4, 0.5) is 5.69 Å². The Bertz CT molecular complexity index is 428. The Labute approximate surface area is 113 Å². The predicted molar refractivity (Wildman–Crippen MR) is 74.9 cm³/mol. The molecule has 2 rings (SSSR count). The van der Waals surface area contributed by atoms with Crippen molar-refractivity contribution in [2.24, 2.45) is 5.41 Å². The second-order valence-corrected chi connectivity index (χ2v) is 5.26. The standard InChI is InChI=1S/C14H19ClN2O/c1-2-14(8-5-9-16-10-14)13(18)17-12-7-4-3-6-11(12)15/h3-4,6-7,16H,2,5,8-10H2,1H3,(H,17,18). The van der Waals surface area contributed by atoms with Crippen LogP contribution >= 0.6 is 11.6 Å². The third kappa shape index (κ3) is 2.68. The van der Waals surface area contributed by atoms with E-state index in [-0.39, 0.29) is 11.3 Å². The van der Waals surface area contributed by atoms with Crippen LogP contribution < -0.4 is 10.6 Å². The number of para-hydroxylation sites is 1. The minimum absolute atomic E-state index is 0.0744. The molecule has 0 saturated carbocycles. The van der Waals surface area contributed by atoms with Gasteiger partial charge in [0.15, 0.2) is 0 Å². The van der Waals surface area contributed by atoms with E-state index in [4.69, 9.17) is 11.6 Å². The van der Waals surface area contributed by atoms with Crippen molar-refractivity contribution in [2.75, 3.05) is 18.4 Å². The van der Waals surface area contributed by atoms with Gasteiger partial charge in [-0.1, -0.05) is 30.7 Å². The van der Waals surface area contributed by atoms with Crippen LogP contribution in [0, 0.1) is 5.41 Å². The number of carbonyl (C=O) groups is 1. The third-order valence-electron chi connectivity index (χ3n) is 3.75. The number of halogens is 1. The summed E-state index contributed by atoms with van der Waals surface area (Å²) in [6.07, 6.45) is 2.83. The molecule has 1 atom stereocenters. The smallest absolute Gasteiger partial charge is 0.231 e. The lowest BCUT2D eigenvalue weighted by molar-refractivity contribution is -0.126. The summed E-state index contributed by atoms with van der Waals surface area (Å²) >= 11 is 6.07.